The van der Waals surface area contributed by atoms with Gasteiger partial charge in [0.15, 0.2) is 0 Å². The molecule has 2 aromatic rings. The first-order chi connectivity index (χ1) is 12.2. The summed E-state index contributed by atoms with van der Waals surface area (Å²) in [5.74, 6) is 0.236. The second-order valence-electron chi connectivity index (χ2n) is 7.12. The molecule has 2 aromatic heterocycles. The van der Waals surface area contributed by atoms with Gasteiger partial charge in [0.1, 0.15) is 5.65 Å². The molecule has 2 aliphatic rings. The Morgan fingerprint density at radius 3 is 3.08 bits per heavy atom. The Morgan fingerprint density at radius 1 is 1.40 bits per heavy atom. The number of fused-ring (bicyclic) bond motifs is 3. The molecule has 1 saturated heterocycles. The number of morpholine rings is 1. The molecular formula is C19H26N4O2. The molecule has 0 aromatic carbocycles. The normalized spacial score (nSPS) is 21.2. The molecule has 1 amide bonds. The number of hydrogen-bond donors (Lipinski definition) is 1. The van der Waals surface area contributed by atoms with Crippen LogP contribution in [0.5, 0.6) is 0 Å². The van der Waals surface area contributed by atoms with Crippen molar-refractivity contribution in [2.45, 2.75) is 26.2 Å². The number of ether oxygens (including phenoxy) is 1. The minimum Gasteiger partial charge on any atom is -0.379 e. The molecule has 1 aliphatic carbocycles. The number of pyridine rings is 1. The number of aryl methyl sites for hydroxylation is 2. The topological polar surface area (TPSA) is 58.9 Å². The number of hydrogen-bond acceptors (Lipinski definition) is 4. The SMILES string of the molecule is Cc1ccn2c3c(nc2c1)CCC(C(=O)NCCN1CCOCC1)C3. The van der Waals surface area contributed by atoms with E-state index in [1.54, 1.807) is 0 Å². The Kier molecular flexibility index (Phi) is 4.72. The van der Waals surface area contributed by atoms with Crippen LogP contribution in [0.25, 0.3) is 5.65 Å². The molecule has 1 unspecified atom stereocenters. The third kappa shape index (κ3) is 3.55. The van der Waals surface area contributed by atoms with E-state index in [1.165, 1.54) is 11.3 Å². The molecule has 0 radical (unpaired) electrons. The third-order valence-electron chi connectivity index (χ3n) is 5.33. The Bertz CT molecular complexity index is 764. The highest BCUT2D eigenvalue weighted by molar-refractivity contribution is 5.79. The van der Waals surface area contributed by atoms with Crippen molar-refractivity contribution in [1.29, 1.82) is 0 Å². The standard InChI is InChI=1S/C19H26N4O2/c1-14-4-6-23-17-13-15(2-3-16(17)21-18(23)12-14)19(24)20-5-7-22-8-10-25-11-9-22/h4,6,12,15H,2-3,5,7-11,13H2,1H3,(H,20,24). The van der Waals surface area contributed by atoms with Crippen molar-refractivity contribution >= 4 is 11.6 Å². The number of imidazole rings is 1. The summed E-state index contributed by atoms with van der Waals surface area (Å²) in [4.78, 5) is 19.7. The van der Waals surface area contributed by atoms with Crippen LogP contribution in [0.3, 0.4) is 0 Å². The highest BCUT2D eigenvalue weighted by Gasteiger charge is 2.28. The van der Waals surface area contributed by atoms with Crippen molar-refractivity contribution in [3.05, 3.63) is 35.3 Å². The van der Waals surface area contributed by atoms with Crippen LogP contribution in [0.15, 0.2) is 18.3 Å². The predicted octanol–water partition coefficient (Wildman–Crippen LogP) is 1.20. The van der Waals surface area contributed by atoms with Gasteiger partial charge in [-0.25, -0.2) is 4.98 Å². The number of rotatable bonds is 4. The van der Waals surface area contributed by atoms with Crippen molar-refractivity contribution < 1.29 is 9.53 Å². The van der Waals surface area contributed by atoms with Crippen LogP contribution < -0.4 is 5.32 Å². The third-order valence-corrected chi connectivity index (χ3v) is 5.33. The average molecular weight is 342 g/mol. The van der Waals surface area contributed by atoms with Crippen LogP contribution in [-0.2, 0) is 22.4 Å². The van der Waals surface area contributed by atoms with Gasteiger partial charge in [-0.15, -0.1) is 0 Å². The zero-order valence-electron chi connectivity index (χ0n) is 14.8. The lowest BCUT2D eigenvalue weighted by molar-refractivity contribution is -0.125. The number of aromatic nitrogens is 2. The van der Waals surface area contributed by atoms with Gasteiger partial charge in [0, 0.05) is 50.4 Å². The summed E-state index contributed by atoms with van der Waals surface area (Å²) in [6, 6.07) is 4.21. The molecule has 25 heavy (non-hydrogen) atoms. The van der Waals surface area contributed by atoms with E-state index >= 15 is 0 Å². The number of nitrogens with zero attached hydrogens (tertiary/aromatic N) is 3. The van der Waals surface area contributed by atoms with E-state index in [4.69, 9.17) is 9.72 Å². The molecule has 0 bridgehead atoms. The lowest BCUT2D eigenvalue weighted by atomic mass is 9.89. The summed E-state index contributed by atoms with van der Waals surface area (Å²) >= 11 is 0. The first-order valence-electron chi connectivity index (χ1n) is 9.25. The average Bonchev–Trinajstić information content (AvgIpc) is 2.99. The fourth-order valence-electron chi connectivity index (χ4n) is 3.84. The van der Waals surface area contributed by atoms with Crippen LogP contribution in [0.1, 0.15) is 23.4 Å². The Balaban J connectivity index is 1.36. The van der Waals surface area contributed by atoms with Gasteiger partial charge in [0.05, 0.1) is 18.9 Å². The van der Waals surface area contributed by atoms with Crippen LogP contribution >= 0.6 is 0 Å². The summed E-state index contributed by atoms with van der Waals surface area (Å²) in [6.07, 6.45) is 4.63. The largest absolute Gasteiger partial charge is 0.379 e. The first-order valence-corrected chi connectivity index (χ1v) is 9.25. The second kappa shape index (κ2) is 7.14. The van der Waals surface area contributed by atoms with Gasteiger partial charge >= 0.3 is 0 Å². The Hall–Kier alpha value is -1.92. The van der Waals surface area contributed by atoms with Crippen molar-refractivity contribution in [1.82, 2.24) is 19.6 Å². The maximum atomic E-state index is 12.6. The zero-order valence-corrected chi connectivity index (χ0v) is 14.8. The van der Waals surface area contributed by atoms with Gasteiger partial charge in [-0.3, -0.25) is 9.69 Å². The maximum absolute atomic E-state index is 12.6. The van der Waals surface area contributed by atoms with Crippen LogP contribution in [0.4, 0.5) is 0 Å². The molecule has 1 aliphatic heterocycles. The van der Waals surface area contributed by atoms with Crippen molar-refractivity contribution in [2.24, 2.45) is 5.92 Å². The smallest absolute Gasteiger partial charge is 0.223 e. The highest BCUT2D eigenvalue weighted by Crippen LogP contribution is 2.26. The lowest BCUT2D eigenvalue weighted by Gasteiger charge is -2.27. The van der Waals surface area contributed by atoms with Gasteiger partial charge < -0.3 is 14.5 Å². The minimum absolute atomic E-state index is 0.0541. The van der Waals surface area contributed by atoms with E-state index in [0.717, 1.165) is 63.5 Å². The molecule has 0 saturated carbocycles. The van der Waals surface area contributed by atoms with E-state index in [-0.39, 0.29) is 11.8 Å². The van der Waals surface area contributed by atoms with Crippen molar-refractivity contribution in [3.63, 3.8) is 0 Å². The van der Waals surface area contributed by atoms with Gasteiger partial charge in [0.25, 0.3) is 0 Å². The summed E-state index contributed by atoms with van der Waals surface area (Å²) in [5.41, 5.74) is 4.57. The van der Waals surface area contributed by atoms with Crippen LogP contribution in [0, 0.1) is 12.8 Å². The molecule has 6 nitrogen and oxygen atoms in total. The van der Waals surface area contributed by atoms with Gasteiger partial charge in [-0.1, -0.05) is 0 Å². The quantitative estimate of drug-likeness (QED) is 0.907. The monoisotopic (exact) mass is 342 g/mol. The molecule has 3 heterocycles. The maximum Gasteiger partial charge on any atom is 0.223 e. The summed E-state index contributed by atoms with van der Waals surface area (Å²) in [5, 5.41) is 3.13. The summed E-state index contributed by atoms with van der Waals surface area (Å²) in [6.45, 7) is 7.23. The van der Waals surface area contributed by atoms with E-state index < -0.39 is 0 Å². The molecule has 134 valence electrons. The lowest BCUT2D eigenvalue weighted by Crippen LogP contribution is -2.43. The fraction of sp³-hybridized carbons (Fsp3) is 0.579. The zero-order chi connectivity index (χ0) is 17.2. The molecule has 1 atom stereocenters. The summed E-state index contributed by atoms with van der Waals surface area (Å²) < 4.78 is 7.50. The number of amides is 1. The molecule has 0 spiro atoms. The fourth-order valence-corrected chi connectivity index (χ4v) is 3.84. The first kappa shape index (κ1) is 16.5. The summed E-state index contributed by atoms with van der Waals surface area (Å²) in [7, 11) is 0. The molecular weight excluding hydrogens is 316 g/mol. The minimum atomic E-state index is 0.0541. The molecule has 1 fully saturated rings. The van der Waals surface area contributed by atoms with Crippen LogP contribution in [-0.4, -0.2) is 59.6 Å². The van der Waals surface area contributed by atoms with E-state index in [2.05, 4.69) is 39.9 Å². The van der Waals surface area contributed by atoms with Gasteiger partial charge in [-0.05, 0) is 37.5 Å². The molecule has 1 N–H and O–H groups in total. The van der Waals surface area contributed by atoms with Crippen LogP contribution in [0.2, 0.25) is 0 Å². The van der Waals surface area contributed by atoms with E-state index in [0.29, 0.717) is 6.54 Å². The number of nitrogens with one attached hydrogen (secondary N) is 1. The van der Waals surface area contributed by atoms with Gasteiger partial charge in [-0.2, -0.15) is 0 Å². The predicted molar refractivity (Wildman–Crippen MR) is 95.7 cm³/mol. The van der Waals surface area contributed by atoms with E-state index in [9.17, 15) is 4.79 Å². The molecule has 4 rings (SSSR count). The van der Waals surface area contributed by atoms with Crippen molar-refractivity contribution in [2.75, 3.05) is 39.4 Å². The number of carbonyl (C=O) groups is 1. The molecule has 6 heteroatoms. The Labute approximate surface area is 148 Å². The van der Waals surface area contributed by atoms with E-state index in [1.807, 2.05) is 0 Å². The second-order valence-corrected chi connectivity index (χ2v) is 7.12. The highest BCUT2D eigenvalue weighted by atomic mass is 16.5. The van der Waals surface area contributed by atoms with Crippen molar-refractivity contribution in [3.8, 4) is 0 Å². The van der Waals surface area contributed by atoms with Gasteiger partial charge in [0.2, 0.25) is 5.91 Å². The number of carbonyl (C=O) groups excluding carboxylic acids is 1. The Morgan fingerprint density at radius 2 is 2.24 bits per heavy atom.